The van der Waals surface area contributed by atoms with Gasteiger partial charge in [-0.3, -0.25) is 9.59 Å². The second kappa shape index (κ2) is 6.14. The van der Waals surface area contributed by atoms with Crippen molar-refractivity contribution in [2.24, 2.45) is 0 Å². The first kappa shape index (κ1) is 14.9. The summed E-state index contributed by atoms with van der Waals surface area (Å²) < 4.78 is 24.2. The largest absolute Gasteiger partial charge is 0.481 e. The molecule has 1 aliphatic rings. The van der Waals surface area contributed by atoms with E-state index in [-0.39, 0.29) is 31.2 Å². The Morgan fingerprint density at radius 1 is 1.39 bits per heavy atom. The zero-order valence-corrected chi connectivity index (χ0v) is 11.1. The van der Waals surface area contributed by atoms with E-state index in [1.807, 2.05) is 0 Å². The van der Waals surface area contributed by atoms with Crippen molar-refractivity contribution in [1.29, 1.82) is 0 Å². The normalized spacial score (nSPS) is 18.7. The van der Waals surface area contributed by atoms with Crippen LogP contribution < -0.4 is 0 Å². The molecular formula is C10H18N2O5S. The number of hydrogen-bond donors (Lipinski definition) is 1. The third-order valence-corrected chi connectivity index (χ3v) is 4.75. The molecule has 1 saturated heterocycles. The van der Waals surface area contributed by atoms with Crippen LogP contribution >= 0.6 is 0 Å². The average Bonchev–Trinajstić information content (AvgIpc) is 2.58. The van der Waals surface area contributed by atoms with E-state index in [0.717, 1.165) is 0 Å². The van der Waals surface area contributed by atoms with Crippen molar-refractivity contribution in [2.75, 3.05) is 31.9 Å². The minimum Gasteiger partial charge on any atom is -0.481 e. The number of carboxylic acids is 1. The number of carbonyl (C=O) groups is 2. The number of carboxylic acid groups (broad SMARTS) is 1. The van der Waals surface area contributed by atoms with Crippen LogP contribution in [0.2, 0.25) is 0 Å². The van der Waals surface area contributed by atoms with Gasteiger partial charge in [0.1, 0.15) is 0 Å². The maximum Gasteiger partial charge on any atom is 0.305 e. The quantitative estimate of drug-likeness (QED) is 0.696. The molecule has 0 aliphatic carbocycles. The van der Waals surface area contributed by atoms with Crippen LogP contribution in [0.4, 0.5) is 0 Å². The summed E-state index contributed by atoms with van der Waals surface area (Å²) in [7, 11) is -3.29. The molecule has 0 aromatic carbocycles. The number of nitrogens with zero attached hydrogens (tertiary/aromatic N) is 2. The molecule has 1 amide bonds. The van der Waals surface area contributed by atoms with E-state index in [1.54, 1.807) is 6.92 Å². The third-order valence-electron chi connectivity index (χ3n) is 2.84. The maximum absolute atomic E-state index is 11.9. The van der Waals surface area contributed by atoms with Gasteiger partial charge in [-0.1, -0.05) is 0 Å². The predicted octanol–water partition coefficient (Wildman–Crippen LogP) is -0.655. The summed E-state index contributed by atoms with van der Waals surface area (Å²) in [5.41, 5.74) is 0. The van der Waals surface area contributed by atoms with Crippen molar-refractivity contribution in [3.63, 3.8) is 0 Å². The highest BCUT2D eigenvalue weighted by molar-refractivity contribution is 7.89. The van der Waals surface area contributed by atoms with E-state index in [4.69, 9.17) is 5.11 Å². The molecule has 0 unspecified atom stereocenters. The predicted molar refractivity (Wildman–Crippen MR) is 64.5 cm³/mol. The topological polar surface area (TPSA) is 95.0 Å². The lowest BCUT2D eigenvalue weighted by molar-refractivity contribution is -0.138. The lowest BCUT2D eigenvalue weighted by Gasteiger charge is -2.22. The molecule has 1 fully saturated rings. The highest BCUT2D eigenvalue weighted by atomic mass is 32.2. The monoisotopic (exact) mass is 278 g/mol. The van der Waals surface area contributed by atoms with Gasteiger partial charge in [0, 0.05) is 19.6 Å². The van der Waals surface area contributed by atoms with Crippen molar-refractivity contribution in [1.82, 2.24) is 9.21 Å². The summed E-state index contributed by atoms with van der Waals surface area (Å²) >= 11 is 0. The molecule has 18 heavy (non-hydrogen) atoms. The Balaban J connectivity index is 2.54. The van der Waals surface area contributed by atoms with E-state index in [1.165, 1.54) is 9.21 Å². The summed E-state index contributed by atoms with van der Waals surface area (Å²) in [6, 6.07) is 0. The van der Waals surface area contributed by atoms with Crippen molar-refractivity contribution in [3.8, 4) is 0 Å². The molecule has 7 nitrogen and oxygen atoms in total. The SMILES string of the molecule is CCN(CCC(=O)O)C(=O)CN1CCCS1(=O)=O. The average molecular weight is 278 g/mol. The van der Waals surface area contributed by atoms with Crippen molar-refractivity contribution in [2.45, 2.75) is 19.8 Å². The van der Waals surface area contributed by atoms with Crippen LogP contribution in [0.3, 0.4) is 0 Å². The number of likely N-dealkylation sites (N-methyl/N-ethyl adjacent to an activating group) is 1. The highest BCUT2D eigenvalue weighted by Gasteiger charge is 2.30. The van der Waals surface area contributed by atoms with Gasteiger partial charge in [-0.2, -0.15) is 4.31 Å². The molecule has 1 heterocycles. The molecule has 1 rings (SSSR count). The van der Waals surface area contributed by atoms with Gasteiger partial charge >= 0.3 is 5.97 Å². The molecule has 0 atom stereocenters. The Hall–Kier alpha value is -1.15. The van der Waals surface area contributed by atoms with Crippen LogP contribution in [-0.4, -0.2) is 66.5 Å². The fraction of sp³-hybridized carbons (Fsp3) is 0.800. The van der Waals surface area contributed by atoms with Crippen molar-refractivity contribution < 1.29 is 23.1 Å². The van der Waals surface area contributed by atoms with Crippen LogP contribution in [-0.2, 0) is 19.6 Å². The Morgan fingerprint density at radius 3 is 2.50 bits per heavy atom. The Bertz CT molecular complexity index is 420. The first-order valence-corrected chi connectivity index (χ1v) is 7.45. The maximum atomic E-state index is 11.9. The summed E-state index contributed by atoms with van der Waals surface area (Å²) in [5.74, 6) is -1.24. The van der Waals surface area contributed by atoms with E-state index < -0.39 is 16.0 Å². The molecule has 8 heteroatoms. The van der Waals surface area contributed by atoms with Gasteiger partial charge in [0.25, 0.3) is 0 Å². The van der Waals surface area contributed by atoms with Gasteiger partial charge < -0.3 is 10.0 Å². The number of hydrogen-bond acceptors (Lipinski definition) is 4. The van der Waals surface area contributed by atoms with Crippen LogP contribution in [0.25, 0.3) is 0 Å². The molecular weight excluding hydrogens is 260 g/mol. The summed E-state index contributed by atoms with van der Waals surface area (Å²) in [6.45, 7) is 2.40. The van der Waals surface area contributed by atoms with Gasteiger partial charge in [0.05, 0.1) is 18.7 Å². The van der Waals surface area contributed by atoms with E-state index in [9.17, 15) is 18.0 Å². The molecule has 0 aromatic rings. The van der Waals surface area contributed by atoms with Gasteiger partial charge in [0.15, 0.2) is 0 Å². The Labute approximate surface area is 106 Å². The summed E-state index contributed by atoms with van der Waals surface area (Å²) in [5, 5.41) is 8.56. The molecule has 0 radical (unpaired) electrons. The second-order valence-corrected chi connectivity index (χ2v) is 6.21. The summed E-state index contributed by atoms with van der Waals surface area (Å²) in [4.78, 5) is 23.7. The van der Waals surface area contributed by atoms with Crippen LogP contribution in [0.15, 0.2) is 0 Å². The van der Waals surface area contributed by atoms with Gasteiger partial charge in [-0.05, 0) is 13.3 Å². The molecule has 0 saturated carbocycles. The van der Waals surface area contributed by atoms with Crippen LogP contribution in [0.5, 0.6) is 0 Å². The first-order chi connectivity index (χ1) is 8.36. The number of amides is 1. The van der Waals surface area contributed by atoms with Gasteiger partial charge in [-0.25, -0.2) is 8.42 Å². The van der Waals surface area contributed by atoms with Crippen LogP contribution in [0, 0.1) is 0 Å². The number of aliphatic carboxylic acids is 1. The fourth-order valence-electron chi connectivity index (χ4n) is 1.81. The lowest BCUT2D eigenvalue weighted by atomic mass is 10.3. The zero-order chi connectivity index (χ0) is 13.8. The van der Waals surface area contributed by atoms with E-state index in [0.29, 0.717) is 19.5 Å². The van der Waals surface area contributed by atoms with E-state index in [2.05, 4.69) is 0 Å². The molecule has 1 aliphatic heterocycles. The first-order valence-electron chi connectivity index (χ1n) is 5.84. The van der Waals surface area contributed by atoms with Crippen molar-refractivity contribution in [3.05, 3.63) is 0 Å². The van der Waals surface area contributed by atoms with Crippen molar-refractivity contribution >= 4 is 21.9 Å². The second-order valence-electron chi connectivity index (χ2n) is 4.12. The smallest absolute Gasteiger partial charge is 0.305 e. The Morgan fingerprint density at radius 2 is 2.06 bits per heavy atom. The third kappa shape index (κ3) is 3.95. The van der Waals surface area contributed by atoms with Gasteiger partial charge in [0.2, 0.25) is 15.9 Å². The molecule has 0 bridgehead atoms. The molecule has 104 valence electrons. The fourth-order valence-corrected chi connectivity index (χ4v) is 3.28. The minimum atomic E-state index is -3.29. The number of carbonyl (C=O) groups excluding carboxylic acids is 1. The number of rotatable bonds is 6. The molecule has 0 spiro atoms. The van der Waals surface area contributed by atoms with Gasteiger partial charge in [-0.15, -0.1) is 0 Å². The van der Waals surface area contributed by atoms with E-state index >= 15 is 0 Å². The summed E-state index contributed by atoms with van der Waals surface area (Å²) in [6.07, 6.45) is 0.406. The molecule has 0 aromatic heterocycles. The number of sulfonamides is 1. The highest BCUT2D eigenvalue weighted by Crippen LogP contribution is 2.13. The molecule has 1 N–H and O–H groups in total. The lowest BCUT2D eigenvalue weighted by Crippen LogP contribution is -2.41. The van der Waals surface area contributed by atoms with Crippen LogP contribution in [0.1, 0.15) is 19.8 Å². The Kier molecular flexibility index (Phi) is 5.09. The zero-order valence-electron chi connectivity index (χ0n) is 10.3. The minimum absolute atomic E-state index is 0.0849. The standard InChI is InChI=1S/C10H18N2O5S/c1-2-11(6-4-10(14)15)9(13)8-12-5-3-7-18(12,16)17/h2-8H2,1H3,(H,14,15).